The van der Waals surface area contributed by atoms with Crippen molar-refractivity contribution in [3.05, 3.63) is 12.2 Å². The topological polar surface area (TPSA) is 149 Å². The quantitative estimate of drug-likeness (QED) is 0.0242. The van der Waals surface area contributed by atoms with Crippen molar-refractivity contribution in [1.82, 2.24) is 0 Å². The van der Waals surface area contributed by atoms with Gasteiger partial charge in [0.2, 0.25) is 0 Å². The maximum atomic E-state index is 12.6. The number of phosphoric acid groups is 1. The van der Waals surface area contributed by atoms with E-state index in [1.54, 1.807) is 0 Å². The number of rotatable bonds is 38. The Kier molecular flexibility index (Phi) is 35.2. The van der Waals surface area contributed by atoms with Crippen molar-refractivity contribution in [3.8, 4) is 0 Å². The predicted molar refractivity (Wildman–Crippen MR) is 201 cm³/mol. The number of hydrogen-bond donors (Lipinski definition) is 3. The number of carbonyl (C=O) groups is 2. The number of aliphatic hydroxyl groups is 2. The van der Waals surface area contributed by atoms with E-state index in [0.29, 0.717) is 12.8 Å². The van der Waals surface area contributed by atoms with Crippen LogP contribution in [0.2, 0.25) is 0 Å². The molecule has 0 bridgehead atoms. The van der Waals surface area contributed by atoms with Crippen LogP contribution in [0.25, 0.3) is 0 Å². The van der Waals surface area contributed by atoms with Crippen molar-refractivity contribution in [3.63, 3.8) is 0 Å². The first-order chi connectivity index (χ1) is 24.2. The third-order valence-electron chi connectivity index (χ3n) is 8.67. The lowest BCUT2D eigenvalue weighted by Gasteiger charge is -2.20. The highest BCUT2D eigenvalue weighted by atomic mass is 31.2. The molecule has 296 valence electrons. The predicted octanol–water partition coefficient (Wildman–Crippen LogP) is 10.1. The van der Waals surface area contributed by atoms with Crippen LogP contribution in [-0.4, -0.2) is 65.7 Å². The lowest BCUT2D eigenvalue weighted by atomic mass is 10.0. The number of esters is 2. The molecule has 0 fully saturated rings. The van der Waals surface area contributed by atoms with Crippen molar-refractivity contribution >= 4 is 19.8 Å². The summed E-state index contributed by atoms with van der Waals surface area (Å²) in [6, 6.07) is 0. The summed E-state index contributed by atoms with van der Waals surface area (Å²) in [5.74, 6) is -0.928. The first-order valence-corrected chi connectivity index (χ1v) is 21.6. The number of unbranched alkanes of at least 4 members (excludes halogenated alkanes) is 22. The molecule has 3 atom stereocenters. The number of phosphoric ester groups is 1. The van der Waals surface area contributed by atoms with E-state index in [-0.39, 0.29) is 19.4 Å². The van der Waals surface area contributed by atoms with Crippen LogP contribution in [0.5, 0.6) is 0 Å². The molecule has 1 unspecified atom stereocenters. The molecule has 0 radical (unpaired) electrons. The Morgan fingerprint density at radius 3 is 1.48 bits per heavy atom. The van der Waals surface area contributed by atoms with E-state index >= 15 is 0 Å². The van der Waals surface area contributed by atoms with E-state index in [2.05, 4.69) is 30.5 Å². The summed E-state index contributed by atoms with van der Waals surface area (Å²) < 4.78 is 32.6. The van der Waals surface area contributed by atoms with Crippen molar-refractivity contribution in [2.24, 2.45) is 0 Å². The van der Waals surface area contributed by atoms with Crippen LogP contribution in [0.15, 0.2) is 12.2 Å². The number of carbonyl (C=O) groups excluding carboxylic acids is 2. The van der Waals surface area contributed by atoms with E-state index in [0.717, 1.165) is 57.8 Å². The summed E-state index contributed by atoms with van der Waals surface area (Å²) in [4.78, 5) is 34.8. The smallest absolute Gasteiger partial charge is 0.462 e. The molecule has 0 saturated carbocycles. The average molecular weight is 735 g/mol. The molecule has 0 aliphatic carbocycles. The van der Waals surface area contributed by atoms with Gasteiger partial charge in [-0.15, -0.1) is 0 Å². The normalized spacial score (nSPS) is 14.1. The van der Waals surface area contributed by atoms with Gasteiger partial charge in [-0.2, -0.15) is 0 Å². The molecular formula is C39H75O10P. The van der Waals surface area contributed by atoms with Crippen LogP contribution in [0.1, 0.15) is 187 Å². The second-order valence-corrected chi connectivity index (χ2v) is 15.1. The fourth-order valence-electron chi connectivity index (χ4n) is 5.52. The van der Waals surface area contributed by atoms with Gasteiger partial charge < -0.3 is 24.6 Å². The van der Waals surface area contributed by atoms with Crippen LogP contribution in [0, 0.1) is 0 Å². The Hall–Kier alpha value is -1.29. The van der Waals surface area contributed by atoms with Gasteiger partial charge in [-0.05, 0) is 38.5 Å². The largest absolute Gasteiger partial charge is 0.472 e. The summed E-state index contributed by atoms with van der Waals surface area (Å²) >= 11 is 0. The zero-order valence-corrected chi connectivity index (χ0v) is 32.8. The molecule has 0 aromatic carbocycles. The van der Waals surface area contributed by atoms with Crippen LogP contribution in [-0.2, 0) is 32.7 Å². The third-order valence-corrected chi connectivity index (χ3v) is 9.62. The molecule has 11 heteroatoms. The Morgan fingerprint density at radius 2 is 0.980 bits per heavy atom. The van der Waals surface area contributed by atoms with Crippen molar-refractivity contribution in [1.29, 1.82) is 0 Å². The molecule has 0 heterocycles. The van der Waals surface area contributed by atoms with E-state index in [4.69, 9.17) is 19.1 Å². The summed E-state index contributed by atoms with van der Waals surface area (Å²) in [5, 5.41) is 18.3. The van der Waals surface area contributed by atoms with Crippen LogP contribution >= 0.6 is 7.82 Å². The zero-order chi connectivity index (χ0) is 37.0. The SMILES string of the molecule is CCCCC/C=C/CCCCCCCC(=O)OC[C@H](COP(=O)(O)OC[C@@H](O)CO)OC(=O)CCCCCCCCCCCCCCCCC. The lowest BCUT2D eigenvalue weighted by molar-refractivity contribution is -0.161. The molecule has 0 rings (SSSR count). The highest BCUT2D eigenvalue weighted by Gasteiger charge is 2.27. The van der Waals surface area contributed by atoms with Gasteiger partial charge in [-0.25, -0.2) is 4.57 Å². The summed E-state index contributed by atoms with van der Waals surface area (Å²) in [5.41, 5.74) is 0. The summed E-state index contributed by atoms with van der Waals surface area (Å²) in [7, 11) is -4.61. The molecule has 10 nitrogen and oxygen atoms in total. The minimum Gasteiger partial charge on any atom is -0.462 e. The Labute approximate surface area is 305 Å². The highest BCUT2D eigenvalue weighted by molar-refractivity contribution is 7.47. The molecule has 0 saturated heterocycles. The molecule has 3 N–H and O–H groups in total. The number of allylic oxidation sites excluding steroid dienone is 2. The van der Waals surface area contributed by atoms with Gasteiger partial charge in [-0.3, -0.25) is 18.6 Å². The summed E-state index contributed by atoms with van der Waals surface area (Å²) in [6.45, 7) is 2.35. The molecule has 0 aliphatic rings. The first-order valence-electron chi connectivity index (χ1n) is 20.1. The molecule has 0 amide bonds. The van der Waals surface area contributed by atoms with Gasteiger partial charge in [0.05, 0.1) is 19.8 Å². The minimum absolute atomic E-state index is 0.188. The molecule has 50 heavy (non-hydrogen) atoms. The second-order valence-electron chi connectivity index (χ2n) is 13.7. The van der Waals surface area contributed by atoms with Gasteiger partial charge in [0.25, 0.3) is 0 Å². The molecule has 0 aromatic rings. The fourth-order valence-corrected chi connectivity index (χ4v) is 6.31. The first kappa shape index (κ1) is 48.7. The standard InChI is InChI=1S/C39H75O10P/c1-3-5-7-9-11-13-15-17-18-19-21-23-25-27-29-31-39(43)49-37(35-48-50(44,45)47-33-36(41)32-40)34-46-38(42)30-28-26-24-22-20-16-14-12-10-8-6-4-2/h12,14,36-37,40-41H,3-11,13,15-35H2,1-2H3,(H,44,45)/b14-12+/t36-,37+/m0/s1. The highest BCUT2D eigenvalue weighted by Crippen LogP contribution is 2.43. The summed E-state index contributed by atoms with van der Waals surface area (Å²) in [6.07, 6.45) is 31.8. The van der Waals surface area contributed by atoms with E-state index < -0.39 is 51.8 Å². The van der Waals surface area contributed by atoms with E-state index in [1.807, 2.05) is 0 Å². The van der Waals surface area contributed by atoms with Gasteiger partial charge in [0, 0.05) is 12.8 Å². The zero-order valence-electron chi connectivity index (χ0n) is 31.9. The van der Waals surface area contributed by atoms with Gasteiger partial charge >= 0.3 is 19.8 Å². The minimum atomic E-state index is -4.61. The number of hydrogen-bond acceptors (Lipinski definition) is 9. The second kappa shape index (κ2) is 36.1. The molecule has 0 aromatic heterocycles. The van der Waals surface area contributed by atoms with E-state index in [9.17, 15) is 24.2 Å². The maximum Gasteiger partial charge on any atom is 0.472 e. The Balaban J connectivity index is 4.32. The van der Waals surface area contributed by atoms with Crippen LogP contribution in [0.3, 0.4) is 0 Å². The third kappa shape index (κ3) is 35.1. The number of ether oxygens (including phenoxy) is 2. The van der Waals surface area contributed by atoms with Crippen molar-refractivity contribution < 1.29 is 47.8 Å². The molecular weight excluding hydrogens is 659 g/mol. The maximum absolute atomic E-state index is 12.6. The molecule has 0 spiro atoms. The van der Waals surface area contributed by atoms with Crippen LogP contribution < -0.4 is 0 Å². The Bertz CT molecular complexity index is 853. The lowest BCUT2D eigenvalue weighted by Crippen LogP contribution is -2.29. The van der Waals surface area contributed by atoms with Crippen LogP contribution in [0.4, 0.5) is 0 Å². The van der Waals surface area contributed by atoms with Gasteiger partial charge in [-0.1, -0.05) is 148 Å². The fraction of sp³-hybridized carbons (Fsp3) is 0.897. The van der Waals surface area contributed by atoms with Crippen molar-refractivity contribution in [2.75, 3.05) is 26.4 Å². The monoisotopic (exact) mass is 735 g/mol. The number of aliphatic hydroxyl groups excluding tert-OH is 2. The molecule has 0 aliphatic heterocycles. The van der Waals surface area contributed by atoms with Crippen molar-refractivity contribution in [2.45, 2.75) is 199 Å². The average Bonchev–Trinajstić information content (AvgIpc) is 3.10. The van der Waals surface area contributed by atoms with Gasteiger partial charge in [0.15, 0.2) is 6.10 Å². The van der Waals surface area contributed by atoms with Gasteiger partial charge in [0.1, 0.15) is 12.7 Å². The Morgan fingerprint density at radius 1 is 0.580 bits per heavy atom. The van der Waals surface area contributed by atoms with E-state index in [1.165, 1.54) is 89.9 Å².